The molecule has 0 radical (unpaired) electrons. The Bertz CT molecular complexity index is 630. The first-order valence-electron chi connectivity index (χ1n) is 8.92. The molecule has 0 spiro atoms. The van der Waals surface area contributed by atoms with Gasteiger partial charge in [-0.1, -0.05) is 56.7 Å². The third kappa shape index (κ3) is 4.55. The molecule has 23 heavy (non-hydrogen) atoms. The van der Waals surface area contributed by atoms with Crippen LogP contribution in [0.4, 0.5) is 0 Å². The quantitative estimate of drug-likeness (QED) is 0.619. The average Bonchev–Trinajstić information content (AvgIpc) is 2.55. The van der Waals surface area contributed by atoms with E-state index in [2.05, 4.69) is 6.07 Å². The summed E-state index contributed by atoms with van der Waals surface area (Å²) in [4.78, 5) is 0. The fourth-order valence-corrected chi connectivity index (χ4v) is 6.70. The summed E-state index contributed by atoms with van der Waals surface area (Å²) in [5.74, 6) is 1.05. The maximum atomic E-state index is 11.5. The summed E-state index contributed by atoms with van der Waals surface area (Å²) in [6.07, 6.45) is 12.4. The second kappa shape index (κ2) is 7.63. The van der Waals surface area contributed by atoms with Gasteiger partial charge in [-0.15, -0.1) is 0 Å². The summed E-state index contributed by atoms with van der Waals surface area (Å²) in [6, 6.07) is 6.13. The lowest BCUT2D eigenvalue weighted by Crippen LogP contribution is -2.20. The largest absolute Gasteiger partial charge is 0.283 e. The number of hydrogen-bond acceptors (Lipinski definition) is 2. The topological polar surface area (TPSA) is 54.4 Å². The van der Waals surface area contributed by atoms with Gasteiger partial charge in [-0.25, -0.2) is 0 Å². The molecule has 128 valence electrons. The molecule has 0 saturated heterocycles. The summed E-state index contributed by atoms with van der Waals surface area (Å²) in [6.45, 7) is 0. The maximum absolute atomic E-state index is 11.5. The standard InChI is InChI=1S/C18H27O3PS/c19-23(20,21)22-17-13-7-12-16(14-8-3-1-4-9-14)18(17)15-10-5-2-6-11-15/h7,12-15,22H,1-6,8-11H2,(H,19,20,21). The number of benzene rings is 1. The van der Waals surface area contributed by atoms with Crippen LogP contribution in [-0.2, 0) is 9.74 Å². The molecule has 2 aliphatic rings. The van der Waals surface area contributed by atoms with E-state index >= 15 is 0 Å². The molecule has 1 unspecified atom stereocenters. The van der Waals surface area contributed by atoms with Crippen molar-refractivity contribution < 1.29 is 13.0 Å². The average molecular weight is 354 g/mol. The smallest absolute Gasteiger partial charge is 0.282 e. The fourth-order valence-electron chi connectivity index (χ4n) is 4.43. The zero-order chi connectivity index (χ0) is 16.3. The van der Waals surface area contributed by atoms with Crippen molar-refractivity contribution in [3.63, 3.8) is 0 Å². The van der Waals surface area contributed by atoms with Gasteiger partial charge in [-0.3, -0.25) is 4.55 Å². The molecule has 5 heteroatoms. The molecule has 3 nitrogen and oxygen atoms in total. The maximum Gasteiger partial charge on any atom is 0.282 e. The first-order valence-corrected chi connectivity index (χ1v) is 12.1. The summed E-state index contributed by atoms with van der Waals surface area (Å²) in [5, 5.41) is 0.863. The predicted molar refractivity (Wildman–Crippen MR) is 97.6 cm³/mol. The van der Waals surface area contributed by atoms with E-state index in [1.54, 1.807) is 0 Å². The first kappa shape index (κ1) is 17.4. The SMILES string of the molecule is O=S(=O)(O)Pc1cccc(C2CCCCC2)c1C1CCCCC1. The van der Waals surface area contributed by atoms with E-state index in [4.69, 9.17) is 0 Å². The number of rotatable bonds is 4. The van der Waals surface area contributed by atoms with Gasteiger partial charge in [0, 0.05) is 0 Å². The molecular formula is C18H27O3PS. The summed E-state index contributed by atoms with van der Waals surface area (Å²) in [7, 11) is -4.48. The minimum absolute atomic E-state index is 0.478. The molecular weight excluding hydrogens is 327 g/mol. The molecule has 0 amide bonds. The zero-order valence-electron chi connectivity index (χ0n) is 13.6. The van der Waals surface area contributed by atoms with Gasteiger partial charge >= 0.3 is 0 Å². The van der Waals surface area contributed by atoms with Crippen LogP contribution < -0.4 is 5.30 Å². The molecule has 1 atom stereocenters. The Morgan fingerprint density at radius 1 is 0.870 bits per heavy atom. The van der Waals surface area contributed by atoms with E-state index in [-0.39, 0.29) is 0 Å². The van der Waals surface area contributed by atoms with Gasteiger partial charge < -0.3 is 0 Å². The first-order chi connectivity index (χ1) is 11.0. The third-order valence-corrected chi connectivity index (χ3v) is 7.78. The molecule has 0 aliphatic heterocycles. The molecule has 2 aliphatic carbocycles. The Kier molecular flexibility index (Phi) is 5.77. The summed E-state index contributed by atoms with van der Waals surface area (Å²) >= 11 is 0. The molecule has 0 bridgehead atoms. The van der Waals surface area contributed by atoms with Crippen molar-refractivity contribution >= 4 is 22.8 Å². The predicted octanol–water partition coefficient (Wildman–Crippen LogP) is 4.89. The van der Waals surface area contributed by atoms with Crippen LogP contribution in [-0.4, -0.2) is 13.0 Å². The highest BCUT2D eigenvalue weighted by Crippen LogP contribution is 2.42. The van der Waals surface area contributed by atoms with Crippen molar-refractivity contribution in [3.8, 4) is 0 Å². The van der Waals surface area contributed by atoms with Crippen LogP contribution in [0, 0.1) is 0 Å². The van der Waals surface area contributed by atoms with Crippen molar-refractivity contribution in [1.29, 1.82) is 0 Å². The molecule has 1 aromatic carbocycles. The van der Waals surface area contributed by atoms with E-state index in [0.717, 1.165) is 18.1 Å². The minimum atomic E-state index is -3.96. The van der Waals surface area contributed by atoms with Crippen LogP contribution >= 0.6 is 7.78 Å². The molecule has 2 fully saturated rings. The Labute approximate surface area is 141 Å². The minimum Gasteiger partial charge on any atom is -0.283 e. The van der Waals surface area contributed by atoms with Crippen LogP contribution in [0.5, 0.6) is 0 Å². The van der Waals surface area contributed by atoms with Gasteiger partial charge in [0.1, 0.15) is 0 Å². The summed E-state index contributed by atoms with van der Waals surface area (Å²) < 4.78 is 32.4. The van der Waals surface area contributed by atoms with Gasteiger partial charge in [0.25, 0.3) is 9.74 Å². The van der Waals surface area contributed by atoms with Gasteiger partial charge in [0.15, 0.2) is 0 Å². The van der Waals surface area contributed by atoms with Crippen molar-refractivity contribution in [2.45, 2.75) is 76.0 Å². The van der Waals surface area contributed by atoms with E-state index in [1.807, 2.05) is 12.1 Å². The van der Waals surface area contributed by atoms with Gasteiger partial charge in [0.2, 0.25) is 0 Å². The van der Waals surface area contributed by atoms with E-state index in [1.165, 1.54) is 62.5 Å². The lowest BCUT2D eigenvalue weighted by Gasteiger charge is -2.31. The lowest BCUT2D eigenvalue weighted by atomic mass is 9.76. The van der Waals surface area contributed by atoms with Crippen molar-refractivity contribution in [1.82, 2.24) is 0 Å². The van der Waals surface area contributed by atoms with E-state index in [0.29, 0.717) is 11.8 Å². The third-order valence-electron chi connectivity index (χ3n) is 5.44. The Hall–Kier alpha value is -0.440. The Balaban J connectivity index is 2.01. The molecule has 0 heterocycles. The Morgan fingerprint density at radius 3 is 2.00 bits per heavy atom. The van der Waals surface area contributed by atoms with Gasteiger partial charge in [0.05, 0.1) is 7.78 Å². The molecule has 1 N–H and O–H groups in total. The molecule has 1 aromatic rings. The highest BCUT2D eigenvalue weighted by atomic mass is 32.8. The second-order valence-corrected chi connectivity index (χ2v) is 10.9. The Morgan fingerprint density at radius 2 is 1.43 bits per heavy atom. The summed E-state index contributed by atoms with van der Waals surface area (Å²) in [5.41, 5.74) is 2.65. The fraction of sp³-hybridized carbons (Fsp3) is 0.667. The van der Waals surface area contributed by atoms with Crippen molar-refractivity contribution in [2.24, 2.45) is 0 Å². The molecule has 2 saturated carbocycles. The van der Waals surface area contributed by atoms with Crippen LogP contribution in [0.1, 0.15) is 87.2 Å². The molecule has 3 rings (SSSR count). The van der Waals surface area contributed by atoms with Crippen LogP contribution in [0.15, 0.2) is 18.2 Å². The van der Waals surface area contributed by atoms with Crippen LogP contribution in [0.3, 0.4) is 0 Å². The lowest BCUT2D eigenvalue weighted by molar-refractivity contribution is 0.420. The van der Waals surface area contributed by atoms with E-state index in [9.17, 15) is 13.0 Å². The highest BCUT2D eigenvalue weighted by molar-refractivity contribution is 8.42. The highest BCUT2D eigenvalue weighted by Gasteiger charge is 2.27. The number of hydrogen-bond donors (Lipinski definition) is 1. The molecule has 0 aromatic heterocycles. The van der Waals surface area contributed by atoms with Crippen LogP contribution in [0.2, 0.25) is 0 Å². The monoisotopic (exact) mass is 354 g/mol. The van der Waals surface area contributed by atoms with Gasteiger partial charge in [-0.2, -0.15) is 8.42 Å². The van der Waals surface area contributed by atoms with E-state index < -0.39 is 17.5 Å². The zero-order valence-corrected chi connectivity index (χ0v) is 15.4. The van der Waals surface area contributed by atoms with Gasteiger partial charge in [-0.05, 0) is 54.0 Å². The van der Waals surface area contributed by atoms with Crippen LogP contribution in [0.25, 0.3) is 0 Å². The normalized spacial score (nSPS) is 22.0. The van der Waals surface area contributed by atoms with Crippen molar-refractivity contribution in [3.05, 3.63) is 29.3 Å². The van der Waals surface area contributed by atoms with Crippen molar-refractivity contribution in [2.75, 3.05) is 0 Å². The second-order valence-electron chi connectivity index (χ2n) is 7.06.